The summed E-state index contributed by atoms with van der Waals surface area (Å²) < 4.78 is 5.33. The van der Waals surface area contributed by atoms with Gasteiger partial charge in [-0.2, -0.15) is 0 Å². The van der Waals surface area contributed by atoms with E-state index in [-0.39, 0.29) is 23.8 Å². The van der Waals surface area contributed by atoms with Crippen LogP contribution in [0.25, 0.3) is 0 Å². The number of ether oxygens (including phenoxy) is 1. The summed E-state index contributed by atoms with van der Waals surface area (Å²) in [6.07, 6.45) is 2.14. The van der Waals surface area contributed by atoms with Crippen LogP contribution in [0.5, 0.6) is 0 Å². The molecular weight excluding hydrogens is 316 g/mol. The van der Waals surface area contributed by atoms with Gasteiger partial charge in [-0.3, -0.25) is 9.59 Å². The molecule has 0 saturated carbocycles. The second-order valence-corrected chi connectivity index (χ2v) is 7.14. The van der Waals surface area contributed by atoms with Gasteiger partial charge < -0.3 is 14.5 Å². The van der Waals surface area contributed by atoms with Gasteiger partial charge in [0.1, 0.15) is 6.04 Å². The maximum atomic E-state index is 12.9. The van der Waals surface area contributed by atoms with Gasteiger partial charge in [-0.05, 0) is 36.8 Å². The molecule has 25 heavy (non-hydrogen) atoms. The van der Waals surface area contributed by atoms with E-state index in [0.29, 0.717) is 39.3 Å². The number of nitrogens with zero attached hydrogens (tertiary/aromatic N) is 2. The van der Waals surface area contributed by atoms with Crippen molar-refractivity contribution in [2.24, 2.45) is 0 Å². The fourth-order valence-electron chi connectivity index (χ4n) is 3.95. The van der Waals surface area contributed by atoms with Crippen molar-refractivity contribution >= 4 is 11.8 Å². The van der Waals surface area contributed by atoms with Crippen LogP contribution >= 0.6 is 0 Å². The van der Waals surface area contributed by atoms with E-state index in [2.05, 4.69) is 26.0 Å². The molecule has 0 N–H and O–H groups in total. The molecule has 2 aliphatic rings. The number of likely N-dealkylation sites (tertiary alicyclic amines) is 1. The number of amides is 2. The van der Waals surface area contributed by atoms with Crippen molar-refractivity contribution < 1.29 is 14.3 Å². The van der Waals surface area contributed by atoms with E-state index in [1.165, 1.54) is 11.1 Å². The normalized spacial score (nSPS) is 22.1. The lowest BCUT2D eigenvalue weighted by Crippen LogP contribution is -2.51. The maximum absolute atomic E-state index is 12.9. The molecule has 2 unspecified atom stereocenters. The average molecular weight is 344 g/mol. The smallest absolute Gasteiger partial charge is 0.245 e. The summed E-state index contributed by atoms with van der Waals surface area (Å²) >= 11 is 0. The molecule has 3 rings (SSSR count). The molecule has 5 nitrogen and oxygen atoms in total. The highest BCUT2D eigenvalue weighted by Crippen LogP contribution is 2.26. The van der Waals surface area contributed by atoms with Crippen molar-refractivity contribution in [1.82, 2.24) is 9.80 Å². The van der Waals surface area contributed by atoms with Crippen molar-refractivity contribution in [2.45, 2.75) is 45.1 Å². The Balaban J connectivity index is 1.64. The summed E-state index contributed by atoms with van der Waals surface area (Å²) in [4.78, 5) is 29.3. The van der Waals surface area contributed by atoms with E-state index >= 15 is 0 Å². The van der Waals surface area contributed by atoms with E-state index in [1.54, 1.807) is 0 Å². The lowest BCUT2D eigenvalue weighted by atomic mass is 9.93. The van der Waals surface area contributed by atoms with Crippen LogP contribution in [-0.4, -0.2) is 60.5 Å². The van der Waals surface area contributed by atoms with Gasteiger partial charge in [-0.15, -0.1) is 0 Å². The Morgan fingerprint density at radius 2 is 1.92 bits per heavy atom. The van der Waals surface area contributed by atoms with E-state index in [4.69, 9.17) is 4.74 Å². The van der Waals surface area contributed by atoms with Gasteiger partial charge in [-0.25, -0.2) is 0 Å². The molecular formula is C20H28N2O3. The predicted molar refractivity (Wildman–Crippen MR) is 96.3 cm³/mol. The summed E-state index contributed by atoms with van der Waals surface area (Å²) in [5.74, 6) is 0.353. The Kier molecular flexibility index (Phi) is 5.74. The van der Waals surface area contributed by atoms with Crippen LogP contribution in [-0.2, 0) is 14.3 Å². The van der Waals surface area contributed by atoms with Crippen LogP contribution in [0, 0.1) is 6.92 Å². The third-order valence-corrected chi connectivity index (χ3v) is 5.38. The molecule has 0 spiro atoms. The summed E-state index contributed by atoms with van der Waals surface area (Å²) in [5.41, 5.74) is 2.43. The van der Waals surface area contributed by atoms with Crippen LogP contribution in [0.3, 0.4) is 0 Å². The average Bonchev–Trinajstić information content (AvgIpc) is 3.12. The molecule has 2 amide bonds. The highest BCUT2D eigenvalue weighted by Gasteiger charge is 2.37. The molecule has 2 aliphatic heterocycles. The summed E-state index contributed by atoms with van der Waals surface area (Å²) in [6, 6.07) is 7.92. The van der Waals surface area contributed by atoms with E-state index < -0.39 is 0 Å². The minimum absolute atomic E-state index is 0.0951. The number of carbonyl (C=O) groups is 2. The van der Waals surface area contributed by atoms with Gasteiger partial charge in [-0.1, -0.05) is 31.2 Å². The minimum atomic E-state index is -0.283. The summed E-state index contributed by atoms with van der Waals surface area (Å²) in [6.45, 7) is 7.33. The van der Waals surface area contributed by atoms with Crippen molar-refractivity contribution in [2.75, 3.05) is 32.8 Å². The Labute approximate surface area is 149 Å². The summed E-state index contributed by atoms with van der Waals surface area (Å²) in [7, 11) is 0. The number of carbonyl (C=O) groups excluding carboxylic acids is 2. The van der Waals surface area contributed by atoms with Crippen LogP contribution in [0.2, 0.25) is 0 Å². The standard InChI is InChI=1S/C20H28N2O3/c1-15-6-3-4-7-17(15)16(2)14-19(23)22-9-5-8-18(22)20(24)21-10-12-25-13-11-21/h3-4,6-7,16,18H,5,8-14H2,1-2H3. The monoisotopic (exact) mass is 344 g/mol. The highest BCUT2D eigenvalue weighted by atomic mass is 16.5. The zero-order chi connectivity index (χ0) is 17.8. The largest absolute Gasteiger partial charge is 0.378 e. The fraction of sp³-hybridized carbons (Fsp3) is 0.600. The Bertz CT molecular complexity index is 625. The van der Waals surface area contributed by atoms with Gasteiger partial charge in [0.15, 0.2) is 0 Å². The molecule has 0 bridgehead atoms. The van der Waals surface area contributed by atoms with Gasteiger partial charge >= 0.3 is 0 Å². The van der Waals surface area contributed by atoms with E-state index in [0.717, 1.165) is 12.8 Å². The molecule has 2 heterocycles. The first kappa shape index (κ1) is 17.9. The zero-order valence-corrected chi connectivity index (χ0v) is 15.2. The molecule has 2 atom stereocenters. The number of aryl methyl sites for hydroxylation is 1. The predicted octanol–water partition coefficient (Wildman–Crippen LogP) is 2.34. The Hall–Kier alpha value is -1.88. The second-order valence-electron chi connectivity index (χ2n) is 7.14. The minimum Gasteiger partial charge on any atom is -0.378 e. The molecule has 2 saturated heterocycles. The number of benzene rings is 1. The number of morpholine rings is 1. The van der Waals surface area contributed by atoms with Gasteiger partial charge in [0.25, 0.3) is 0 Å². The molecule has 0 aromatic heterocycles. The molecule has 136 valence electrons. The maximum Gasteiger partial charge on any atom is 0.245 e. The van der Waals surface area contributed by atoms with Gasteiger partial charge in [0.05, 0.1) is 13.2 Å². The molecule has 2 fully saturated rings. The van der Waals surface area contributed by atoms with Crippen molar-refractivity contribution in [3.8, 4) is 0 Å². The Morgan fingerprint density at radius 3 is 2.64 bits per heavy atom. The zero-order valence-electron chi connectivity index (χ0n) is 15.2. The summed E-state index contributed by atoms with van der Waals surface area (Å²) in [5, 5.41) is 0. The van der Waals surface area contributed by atoms with Gasteiger partial charge in [0, 0.05) is 26.1 Å². The van der Waals surface area contributed by atoms with Crippen molar-refractivity contribution in [3.63, 3.8) is 0 Å². The van der Waals surface area contributed by atoms with Gasteiger partial charge in [0.2, 0.25) is 11.8 Å². The van der Waals surface area contributed by atoms with E-state index in [1.807, 2.05) is 21.9 Å². The Morgan fingerprint density at radius 1 is 1.20 bits per heavy atom. The molecule has 5 heteroatoms. The first-order chi connectivity index (χ1) is 12.1. The highest BCUT2D eigenvalue weighted by molar-refractivity contribution is 5.88. The number of hydrogen-bond donors (Lipinski definition) is 0. The van der Waals surface area contributed by atoms with Crippen LogP contribution in [0.15, 0.2) is 24.3 Å². The second kappa shape index (κ2) is 8.00. The van der Waals surface area contributed by atoms with Crippen molar-refractivity contribution in [1.29, 1.82) is 0 Å². The number of hydrogen-bond acceptors (Lipinski definition) is 3. The van der Waals surface area contributed by atoms with Crippen LogP contribution < -0.4 is 0 Å². The lowest BCUT2D eigenvalue weighted by molar-refractivity contribution is -0.146. The molecule has 0 radical (unpaired) electrons. The molecule has 1 aromatic carbocycles. The van der Waals surface area contributed by atoms with Crippen LogP contribution in [0.4, 0.5) is 0 Å². The topological polar surface area (TPSA) is 49.9 Å². The molecule has 1 aromatic rings. The third kappa shape index (κ3) is 4.03. The first-order valence-electron chi connectivity index (χ1n) is 9.29. The lowest BCUT2D eigenvalue weighted by Gasteiger charge is -2.33. The SMILES string of the molecule is Cc1ccccc1C(C)CC(=O)N1CCCC1C(=O)N1CCOCC1. The molecule has 0 aliphatic carbocycles. The first-order valence-corrected chi connectivity index (χ1v) is 9.29. The third-order valence-electron chi connectivity index (χ3n) is 5.38. The van der Waals surface area contributed by atoms with E-state index in [9.17, 15) is 9.59 Å². The fourth-order valence-corrected chi connectivity index (χ4v) is 3.95. The van der Waals surface area contributed by atoms with Crippen LogP contribution in [0.1, 0.15) is 43.2 Å². The quantitative estimate of drug-likeness (QED) is 0.842. The number of rotatable bonds is 4. The van der Waals surface area contributed by atoms with Crippen molar-refractivity contribution in [3.05, 3.63) is 35.4 Å².